The number of halogens is 1. The maximum Gasteiger partial charge on any atom is 0.277 e. The van der Waals surface area contributed by atoms with Crippen molar-refractivity contribution in [3.8, 4) is 11.5 Å². The first-order chi connectivity index (χ1) is 14.3. The van der Waals surface area contributed by atoms with Crippen LogP contribution in [0.3, 0.4) is 0 Å². The van der Waals surface area contributed by atoms with Gasteiger partial charge in [0.1, 0.15) is 0 Å². The Labute approximate surface area is 183 Å². The van der Waals surface area contributed by atoms with Crippen molar-refractivity contribution in [1.29, 1.82) is 0 Å². The molecular weight excluding hydrogens is 424 g/mol. The van der Waals surface area contributed by atoms with E-state index in [1.165, 1.54) is 4.90 Å². The molecule has 3 rings (SSSR count). The molecule has 1 heterocycles. The highest BCUT2D eigenvalue weighted by molar-refractivity contribution is 7.99. The summed E-state index contributed by atoms with van der Waals surface area (Å²) in [5.74, 6) is -0.0896. The summed E-state index contributed by atoms with van der Waals surface area (Å²) in [5, 5.41) is 11.5. The number of amides is 2. The lowest BCUT2D eigenvalue weighted by Crippen LogP contribution is -2.36. The fraction of sp³-hybridized carbons (Fsp3) is 0.238. The van der Waals surface area contributed by atoms with E-state index in [-0.39, 0.29) is 24.1 Å². The average molecular weight is 445 g/mol. The second-order valence-corrected chi connectivity index (χ2v) is 8.15. The van der Waals surface area contributed by atoms with Crippen LogP contribution < -0.4 is 5.32 Å². The van der Waals surface area contributed by atoms with E-state index < -0.39 is 0 Å². The minimum atomic E-state index is -0.334. The molecule has 1 N–H and O–H groups in total. The fourth-order valence-electron chi connectivity index (χ4n) is 2.77. The zero-order valence-corrected chi connectivity index (χ0v) is 18.4. The SMILES string of the molecule is Cc1cc(C)cc(-c2nnc(SCC(=O)N(C)CC(=O)Nc3ccccc3Cl)o2)c1. The number of likely N-dealkylation sites (N-methyl/N-ethyl adjacent to an activating group) is 1. The van der Waals surface area contributed by atoms with Crippen LogP contribution in [0.4, 0.5) is 5.69 Å². The zero-order valence-electron chi connectivity index (χ0n) is 16.8. The summed E-state index contributed by atoms with van der Waals surface area (Å²) in [4.78, 5) is 25.8. The lowest BCUT2D eigenvalue weighted by molar-refractivity contribution is -0.131. The molecular formula is C21H21ClN4O3S. The maximum atomic E-state index is 12.3. The molecule has 0 unspecified atom stereocenters. The van der Waals surface area contributed by atoms with Gasteiger partial charge in [-0.25, -0.2) is 0 Å². The number of aromatic nitrogens is 2. The second kappa shape index (κ2) is 9.77. The summed E-state index contributed by atoms with van der Waals surface area (Å²) >= 11 is 7.16. The van der Waals surface area contributed by atoms with Gasteiger partial charge in [0.15, 0.2) is 0 Å². The van der Waals surface area contributed by atoms with Gasteiger partial charge in [-0.2, -0.15) is 0 Å². The molecule has 0 saturated carbocycles. The number of carbonyl (C=O) groups excluding carboxylic acids is 2. The number of benzene rings is 2. The summed E-state index contributed by atoms with van der Waals surface area (Å²) in [7, 11) is 1.56. The van der Waals surface area contributed by atoms with Gasteiger partial charge in [0.25, 0.3) is 5.22 Å². The number of hydrogen-bond donors (Lipinski definition) is 1. The molecule has 0 aliphatic heterocycles. The van der Waals surface area contributed by atoms with E-state index in [1.54, 1.807) is 31.3 Å². The summed E-state index contributed by atoms with van der Waals surface area (Å²) in [6.07, 6.45) is 0. The van der Waals surface area contributed by atoms with Crippen LogP contribution in [-0.2, 0) is 9.59 Å². The molecule has 0 atom stereocenters. The van der Waals surface area contributed by atoms with Gasteiger partial charge in [0, 0.05) is 12.6 Å². The topological polar surface area (TPSA) is 88.3 Å². The molecule has 2 amide bonds. The maximum absolute atomic E-state index is 12.3. The molecule has 0 aliphatic rings. The monoisotopic (exact) mass is 444 g/mol. The van der Waals surface area contributed by atoms with Gasteiger partial charge in [-0.05, 0) is 38.1 Å². The number of hydrogen-bond acceptors (Lipinski definition) is 6. The van der Waals surface area contributed by atoms with Crippen molar-refractivity contribution in [2.24, 2.45) is 0 Å². The molecule has 0 radical (unpaired) electrons. The van der Waals surface area contributed by atoms with Crippen LogP contribution in [0.15, 0.2) is 52.1 Å². The summed E-state index contributed by atoms with van der Waals surface area (Å²) in [6, 6.07) is 12.9. The number of carbonyl (C=O) groups is 2. The van der Waals surface area contributed by atoms with Gasteiger partial charge in [0.2, 0.25) is 17.7 Å². The van der Waals surface area contributed by atoms with Crippen molar-refractivity contribution < 1.29 is 14.0 Å². The highest BCUT2D eigenvalue weighted by Crippen LogP contribution is 2.25. The number of para-hydroxylation sites is 1. The third-order valence-electron chi connectivity index (χ3n) is 4.15. The Hall–Kier alpha value is -2.84. The third kappa shape index (κ3) is 5.84. The van der Waals surface area contributed by atoms with Gasteiger partial charge in [-0.3, -0.25) is 9.59 Å². The Balaban J connectivity index is 1.52. The number of thioether (sulfide) groups is 1. The number of anilines is 1. The molecule has 2 aromatic carbocycles. The molecule has 7 nitrogen and oxygen atoms in total. The van der Waals surface area contributed by atoms with Crippen LogP contribution in [-0.4, -0.2) is 46.3 Å². The summed E-state index contributed by atoms with van der Waals surface area (Å²) in [5.41, 5.74) is 3.55. The van der Waals surface area contributed by atoms with Crippen LogP contribution in [0.5, 0.6) is 0 Å². The van der Waals surface area contributed by atoms with Crippen LogP contribution in [0.25, 0.3) is 11.5 Å². The van der Waals surface area contributed by atoms with Crippen molar-refractivity contribution in [3.63, 3.8) is 0 Å². The highest BCUT2D eigenvalue weighted by Gasteiger charge is 2.16. The van der Waals surface area contributed by atoms with E-state index in [1.807, 2.05) is 26.0 Å². The van der Waals surface area contributed by atoms with Gasteiger partial charge in [-0.1, -0.05) is 52.7 Å². The van der Waals surface area contributed by atoms with Gasteiger partial charge in [-0.15, -0.1) is 10.2 Å². The van der Waals surface area contributed by atoms with Gasteiger partial charge in [0.05, 0.1) is 23.0 Å². The number of aryl methyl sites for hydroxylation is 2. The summed E-state index contributed by atoms with van der Waals surface area (Å²) in [6.45, 7) is 3.90. The number of nitrogens with zero attached hydrogens (tertiary/aromatic N) is 3. The van der Waals surface area contributed by atoms with E-state index in [0.29, 0.717) is 21.8 Å². The smallest absolute Gasteiger partial charge is 0.277 e. The quantitative estimate of drug-likeness (QED) is 0.549. The molecule has 0 fully saturated rings. The molecule has 156 valence electrons. The molecule has 3 aromatic rings. The average Bonchev–Trinajstić information content (AvgIpc) is 3.16. The Bertz CT molecular complexity index is 1050. The minimum Gasteiger partial charge on any atom is -0.411 e. The van der Waals surface area contributed by atoms with Crippen LogP contribution in [0, 0.1) is 13.8 Å². The molecule has 0 spiro atoms. The Morgan fingerprint density at radius 3 is 2.53 bits per heavy atom. The first-order valence-electron chi connectivity index (χ1n) is 9.15. The fourth-order valence-corrected chi connectivity index (χ4v) is 3.66. The molecule has 0 aliphatic carbocycles. The van der Waals surface area contributed by atoms with E-state index in [9.17, 15) is 9.59 Å². The Morgan fingerprint density at radius 2 is 1.83 bits per heavy atom. The van der Waals surface area contributed by atoms with E-state index in [4.69, 9.17) is 16.0 Å². The number of rotatable bonds is 7. The van der Waals surface area contributed by atoms with E-state index >= 15 is 0 Å². The first kappa shape index (κ1) is 21.9. The number of nitrogens with one attached hydrogen (secondary N) is 1. The lowest BCUT2D eigenvalue weighted by atomic mass is 10.1. The van der Waals surface area contributed by atoms with Gasteiger partial charge < -0.3 is 14.6 Å². The standard InChI is InChI=1S/C21H21ClN4O3S/c1-13-8-14(2)10-15(9-13)20-24-25-21(29-20)30-12-19(28)26(3)11-18(27)23-17-7-5-4-6-16(17)22/h4-10H,11-12H2,1-3H3,(H,23,27). The highest BCUT2D eigenvalue weighted by atomic mass is 35.5. The van der Waals surface area contributed by atoms with Crippen molar-refractivity contribution >= 4 is 40.9 Å². The van der Waals surface area contributed by atoms with Crippen LogP contribution in [0.1, 0.15) is 11.1 Å². The molecule has 0 bridgehead atoms. The van der Waals surface area contributed by atoms with Crippen molar-refractivity contribution in [2.45, 2.75) is 19.1 Å². The van der Waals surface area contributed by atoms with Crippen LogP contribution >= 0.6 is 23.4 Å². The van der Waals surface area contributed by atoms with Crippen LogP contribution in [0.2, 0.25) is 5.02 Å². The van der Waals surface area contributed by atoms with E-state index in [2.05, 4.69) is 21.6 Å². The lowest BCUT2D eigenvalue weighted by Gasteiger charge is -2.16. The molecule has 9 heteroatoms. The zero-order chi connectivity index (χ0) is 21.7. The van der Waals surface area contributed by atoms with Crippen molar-refractivity contribution in [2.75, 3.05) is 24.7 Å². The molecule has 30 heavy (non-hydrogen) atoms. The Morgan fingerprint density at radius 1 is 1.13 bits per heavy atom. The Kier molecular flexibility index (Phi) is 7.12. The second-order valence-electron chi connectivity index (χ2n) is 6.82. The van der Waals surface area contributed by atoms with Gasteiger partial charge >= 0.3 is 0 Å². The molecule has 0 saturated heterocycles. The largest absolute Gasteiger partial charge is 0.411 e. The van der Waals surface area contributed by atoms with E-state index in [0.717, 1.165) is 28.5 Å². The third-order valence-corrected chi connectivity index (χ3v) is 5.28. The van der Waals surface area contributed by atoms with Crippen molar-refractivity contribution in [1.82, 2.24) is 15.1 Å². The predicted molar refractivity (Wildman–Crippen MR) is 118 cm³/mol. The predicted octanol–water partition coefficient (Wildman–Crippen LogP) is 4.20. The summed E-state index contributed by atoms with van der Waals surface area (Å²) < 4.78 is 5.66. The minimum absolute atomic E-state index is 0.0738. The molecule has 1 aromatic heterocycles. The first-order valence-corrected chi connectivity index (χ1v) is 10.5. The normalized spacial score (nSPS) is 10.7. The van der Waals surface area contributed by atoms with Crippen molar-refractivity contribution in [3.05, 3.63) is 58.6 Å².